The standard InChI is InChI=1S/C20H21ClF3N3O3S/c1-26(31(29,30)16-7-5-15(21)6-8-16)13-19(28)25-17-12-14(20(22,23)24)4-9-18(17)27-10-2-3-11-27/h4-9,12H,2-3,10-11,13H2,1H3,(H,25,28). The summed E-state index contributed by atoms with van der Waals surface area (Å²) in [6.07, 6.45) is -2.77. The molecule has 168 valence electrons. The summed E-state index contributed by atoms with van der Waals surface area (Å²) >= 11 is 5.77. The number of alkyl halides is 3. The van der Waals surface area contributed by atoms with Crippen molar-refractivity contribution >= 4 is 38.9 Å². The number of likely N-dealkylation sites (N-methyl/N-ethyl adjacent to an activating group) is 1. The lowest BCUT2D eigenvalue weighted by Gasteiger charge is -2.23. The van der Waals surface area contributed by atoms with Crippen LogP contribution in [-0.2, 0) is 21.0 Å². The predicted molar refractivity (Wildman–Crippen MR) is 113 cm³/mol. The molecule has 2 aromatic carbocycles. The Kier molecular flexibility index (Phi) is 6.82. The lowest BCUT2D eigenvalue weighted by molar-refractivity contribution is -0.137. The van der Waals surface area contributed by atoms with Crippen LogP contribution in [0.1, 0.15) is 18.4 Å². The fourth-order valence-corrected chi connectivity index (χ4v) is 4.56. The molecule has 2 aromatic rings. The van der Waals surface area contributed by atoms with E-state index in [4.69, 9.17) is 11.6 Å². The van der Waals surface area contributed by atoms with Crippen molar-refractivity contribution < 1.29 is 26.4 Å². The average Bonchev–Trinajstić information content (AvgIpc) is 3.22. The smallest absolute Gasteiger partial charge is 0.370 e. The summed E-state index contributed by atoms with van der Waals surface area (Å²) in [5.74, 6) is -0.750. The first kappa shape index (κ1) is 23.4. The van der Waals surface area contributed by atoms with Gasteiger partial charge in [-0.15, -0.1) is 0 Å². The number of nitrogens with one attached hydrogen (secondary N) is 1. The van der Waals surface area contributed by atoms with E-state index in [1.165, 1.54) is 37.4 Å². The Hall–Kier alpha value is -2.30. The van der Waals surface area contributed by atoms with Gasteiger partial charge in [0.05, 0.1) is 28.4 Å². The Labute approximate surface area is 183 Å². The van der Waals surface area contributed by atoms with Crippen LogP contribution in [0, 0.1) is 0 Å². The second kappa shape index (κ2) is 9.05. The maximum Gasteiger partial charge on any atom is 0.416 e. The zero-order chi connectivity index (χ0) is 22.8. The van der Waals surface area contributed by atoms with Crippen LogP contribution in [0.3, 0.4) is 0 Å². The van der Waals surface area contributed by atoms with Crippen LogP contribution in [0.25, 0.3) is 0 Å². The first-order valence-electron chi connectivity index (χ1n) is 9.46. The van der Waals surface area contributed by atoms with Crippen molar-refractivity contribution in [2.45, 2.75) is 23.9 Å². The van der Waals surface area contributed by atoms with Gasteiger partial charge in [0.15, 0.2) is 0 Å². The number of hydrogen-bond acceptors (Lipinski definition) is 4. The monoisotopic (exact) mass is 475 g/mol. The Balaban J connectivity index is 1.80. The van der Waals surface area contributed by atoms with Gasteiger partial charge in [-0.05, 0) is 55.3 Å². The maximum atomic E-state index is 13.2. The predicted octanol–water partition coefficient (Wildman–Crippen LogP) is 4.22. The summed E-state index contributed by atoms with van der Waals surface area (Å²) < 4.78 is 65.6. The summed E-state index contributed by atoms with van der Waals surface area (Å²) in [5.41, 5.74) is -0.422. The third kappa shape index (κ3) is 5.50. The highest BCUT2D eigenvalue weighted by Gasteiger charge is 2.32. The summed E-state index contributed by atoms with van der Waals surface area (Å²) in [4.78, 5) is 14.4. The van der Waals surface area contributed by atoms with Gasteiger partial charge in [0.25, 0.3) is 0 Å². The fraction of sp³-hybridized carbons (Fsp3) is 0.350. The van der Waals surface area contributed by atoms with E-state index in [9.17, 15) is 26.4 Å². The summed E-state index contributed by atoms with van der Waals surface area (Å²) in [7, 11) is -2.76. The van der Waals surface area contributed by atoms with Crippen LogP contribution >= 0.6 is 11.6 Å². The minimum absolute atomic E-state index is 0.000911. The second-order valence-electron chi connectivity index (χ2n) is 7.19. The molecule has 1 N–H and O–H groups in total. The number of nitrogens with zero attached hydrogens (tertiary/aromatic N) is 2. The zero-order valence-electron chi connectivity index (χ0n) is 16.6. The number of amides is 1. The third-order valence-electron chi connectivity index (χ3n) is 4.93. The van der Waals surface area contributed by atoms with Crippen LogP contribution in [0.4, 0.5) is 24.5 Å². The van der Waals surface area contributed by atoms with Crippen LogP contribution in [-0.4, -0.2) is 45.3 Å². The molecule has 0 saturated carbocycles. The van der Waals surface area contributed by atoms with Crippen LogP contribution in [0.15, 0.2) is 47.4 Å². The number of sulfonamides is 1. The van der Waals surface area contributed by atoms with Crippen LogP contribution in [0.2, 0.25) is 5.02 Å². The molecular weight excluding hydrogens is 455 g/mol. The van der Waals surface area contributed by atoms with Crippen molar-refractivity contribution in [3.05, 3.63) is 53.1 Å². The molecule has 0 atom stereocenters. The number of anilines is 2. The molecule has 0 bridgehead atoms. The van der Waals surface area contributed by atoms with Gasteiger partial charge in [0.2, 0.25) is 15.9 Å². The van der Waals surface area contributed by atoms with E-state index in [1.807, 2.05) is 4.90 Å². The molecule has 0 radical (unpaired) electrons. The largest absolute Gasteiger partial charge is 0.416 e. The van der Waals surface area contributed by atoms with E-state index in [2.05, 4.69) is 5.32 Å². The summed E-state index contributed by atoms with van der Waals surface area (Å²) in [5, 5.41) is 2.82. The van der Waals surface area contributed by atoms with E-state index < -0.39 is 34.2 Å². The molecule has 0 spiro atoms. The van der Waals surface area contributed by atoms with Gasteiger partial charge in [-0.2, -0.15) is 17.5 Å². The quantitative estimate of drug-likeness (QED) is 0.679. The Morgan fingerprint density at radius 2 is 1.74 bits per heavy atom. The first-order valence-corrected chi connectivity index (χ1v) is 11.3. The molecule has 11 heteroatoms. The zero-order valence-corrected chi connectivity index (χ0v) is 18.2. The van der Waals surface area contributed by atoms with Crippen molar-refractivity contribution in [2.75, 3.05) is 36.9 Å². The van der Waals surface area contributed by atoms with Gasteiger partial charge >= 0.3 is 6.18 Å². The number of halogens is 4. The molecule has 1 aliphatic heterocycles. The van der Waals surface area contributed by atoms with Gasteiger partial charge in [-0.1, -0.05) is 11.6 Å². The Morgan fingerprint density at radius 3 is 2.32 bits per heavy atom. The van der Waals surface area contributed by atoms with Gasteiger partial charge in [-0.25, -0.2) is 8.42 Å². The van der Waals surface area contributed by atoms with E-state index in [0.29, 0.717) is 23.8 Å². The van der Waals surface area contributed by atoms with Crippen molar-refractivity contribution in [3.8, 4) is 0 Å². The number of carbonyl (C=O) groups excluding carboxylic acids is 1. The van der Waals surface area contributed by atoms with Gasteiger partial charge in [-0.3, -0.25) is 4.79 Å². The average molecular weight is 476 g/mol. The minimum Gasteiger partial charge on any atom is -0.370 e. The Morgan fingerprint density at radius 1 is 1.13 bits per heavy atom. The van der Waals surface area contributed by atoms with Crippen molar-refractivity contribution in [3.63, 3.8) is 0 Å². The normalized spacial score (nSPS) is 14.8. The van der Waals surface area contributed by atoms with Crippen molar-refractivity contribution in [2.24, 2.45) is 0 Å². The van der Waals surface area contributed by atoms with Crippen molar-refractivity contribution in [1.29, 1.82) is 0 Å². The molecule has 1 heterocycles. The lowest BCUT2D eigenvalue weighted by atomic mass is 10.1. The van der Waals surface area contributed by atoms with Gasteiger partial charge < -0.3 is 10.2 Å². The molecule has 0 unspecified atom stereocenters. The molecule has 3 rings (SSSR count). The summed E-state index contributed by atoms with van der Waals surface area (Å²) in [6.45, 7) is 0.763. The SMILES string of the molecule is CN(CC(=O)Nc1cc(C(F)(F)F)ccc1N1CCCC1)S(=O)(=O)c1ccc(Cl)cc1. The second-order valence-corrected chi connectivity index (χ2v) is 9.67. The van der Waals surface area contributed by atoms with E-state index in [0.717, 1.165) is 29.3 Å². The number of hydrogen-bond donors (Lipinski definition) is 1. The molecule has 1 amide bonds. The molecular formula is C20H21ClF3N3O3S. The molecule has 1 saturated heterocycles. The molecule has 1 aliphatic rings. The third-order valence-corrected chi connectivity index (χ3v) is 7.00. The molecule has 6 nitrogen and oxygen atoms in total. The fourth-order valence-electron chi connectivity index (χ4n) is 3.31. The Bertz CT molecular complexity index is 1050. The van der Waals surface area contributed by atoms with Crippen molar-refractivity contribution in [1.82, 2.24) is 4.31 Å². The number of rotatable bonds is 6. The molecule has 1 fully saturated rings. The van der Waals surface area contributed by atoms with Crippen LogP contribution < -0.4 is 10.2 Å². The number of benzene rings is 2. The molecule has 0 aliphatic carbocycles. The highest BCUT2D eigenvalue weighted by molar-refractivity contribution is 7.89. The van der Waals surface area contributed by atoms with E-state index in [-0.39, 0.29) is 10.6 Å². The van der Waals surface area contributed by atoms with E-state index in [1.54, 1.807) is 0 Å². The first-order chi connectivity index (χ1) is 14.5. The minimum atomic E-state index is -4.57. The molecule has 0 aromatic heterocycles. The van der Waals surface area contributed by atoms with E-state index >= 15 is 0 Å². The van der Waals surface area contributed by atoms with Gasteiger partial charge in [0, 0.05) is 25.2 Å². The summed E-state index contributed by atoms with van der Waals surface area (Å²) in [6, 6.07) is 8.62. The molecule has 31 heavy (non-hydrogen) atoms. The number of carbonyl (C=O) groups is 1. The highest BCUT2D eigenvalue weighted by Crippen LogP contribution is 2.36. The van der Waals surface area contributed by atoms with Crippen LogP contribution in [0.5, 0.6) is 0 Å². The lowest BCUT2D eigenvalue weighted by Crippen LogP contribution is -2.35. The van der Waals surface area contributed by atoms with Gasteiger partial charge in [0.1, 0.15) is 0 Å². The maximum absolute atomic E-state index is 13.2. The topological polar surface area (TPSA) is 69.7 Å². The highest BCUT2D eigenvalue weighted by atomic mass is 35.5.